The predicted molar refractivity (Wildman–Crippen MR) is 132 cm³/mol. The average Bonchev–Trinajstić information content (AvgIpc) is 3.45. The molecule has 0 radical (unpaired) electrons. The van der Waals surface area contributed by atoms with Gasteiger partial charge < -0.3 is 13.9 Å². The number of furan rings is 1. The molecule has 0 spiro atoms. The summed E-state index contributed by atoms with van der Waals surface area (Å²) in [6.45, 7) is 4.93. The van der Waals surface area contributed by atoms with Crippen LogP contribution in [0, 0.1) is 6.92 Å². The number of carbonyl (C=O) groups is 1. The van der Waals surface area contributed by atoms with Gasteiger partial charge in [-0.2, -0.15) is 0 Å². The van der Waals surface area contributed by atoms with E-state index in [1.165, 1.54) is 5.56 Å². The van der Waals surface area contributed by atoms with Crippen LogP contribution in [0.1, 0.15) is 40.1 Å². The largest absolute Gasteiger partial charge is 0.491 e. The zero-order chi connectivity index (χ0) is 23.3. The molecule has 3 aromatic carbocycles. The summed E-state index contributed by atoms with van der Waals surface area (Å²) in [5.41, 5.74) is 3.81. The second-order valence-electron chi connectivity index (χ2n) is 8.80. The fourth-order valence-corrected chi connectivity index (χ4v) is 4.67. The molecule has 5 nitrogen and oxygen atoms in total. The van der Waals surface area contributed by atoms with Crippen molar-refractivity contribution in [3.05, 3.63) is 95.2 Å². The van der Waals surface area contributed by atoms with Gasteiger partial charge in [-0.3, -0.25) is 9.69 Å². The first-order valence-corrected chi connectivity index (χ1v) is 11.8. The molecule has 1 aliphatic rings. The summed E-state index contributed by atoms with van der Waals surface area (Å²) in [4.78, 5) is 13.8. The van der Waals surface area contributed by atoms with E-state index in [9.17, 15) is 4.79 Å². The molecule has 1 fully saturated rings. The molecule has 1 saturated heterocycles. The number of para-hydroxylation sites is 1. The Balaban J connectivity index is 1.30. The Morgan fingerprint density at radius 3 is 2.71 bits per heavy atom. The number of carbonyl (C=O) groups excluding carboxylic acids is 1. The third-order valence-corrected chi connectivity index (χ3v) is 6.55. The fraction of sp³-hybridized carbons (Fsp3) is 0.276. The molecule has 174 valence electrons. The Morgan fingerprint density at radius 2 is 1.85 bits per heavy atom. The number of hydrogen-bond acceptors (Lipinski definition) is 5. The van der Waals surface area contributed by atoms with E-state index in [-0.39, 0.29) is 0 Å². The second kappa shape index (κ2) is 10.1. The van der Waals surface area contributed by atoms with Crippen LogP contribution in [0.3, 0.4) is 0 Å². The van der Waals surface area contributed by atoms with Gasteiger partial charge in [0.2, 0.25) is 0 Å². The van der Waals surface area contributed by atoms with E-state index in [2.05, 4.69) is 23.1 Å². The molecule has 0 bridgehead atoms. The third kappa shape index (κ3) is 4.85. The van der Waals surface area contributed by atoms with Crippen LogP contribution in [0.2, 0.25) is 0 Å². The maximum Gasteiger partial charge on any atom is 0.153 e. The van der Waals surface area contributed by atoms with Crippen molar-refractivity contribution in [1.29, 1.82) is 0 Å². The highest BCUT2D eigenvalue weighted by Crippen LogP contribution is 2.32. The van der Waals surface area contributed by atoms with Gasteiger partial charge in [0.1, 0.15) is 36.1 Å². The molecule has 34 heavy (non-hydrogen) atoms. The van der Waals surface area contributed by atoms with E-state index >= 15 is 0 Å². The lowest BCUT2D eigenvalue weighted by molar-refractivity contribution is 0.111. The molecule has 0 amide bonds. The molecular weight excluding hydrogens is 426 g/mol. The number of nitrogens with zero attached hydrogens (tertiary/aromatic N) is 1. The van der Waals surface area contributed by atoms with Crippen LogP contribution in [0.4, 0.5) is 0 Å². The number of likely N-dealkylation sites (tertiary alicyclic amines) is 1. The highest BCUT2D eigenvalue weighted by Gasteiger charge is 2.27. The summed E-state index contributed by atoms with van der Waals surface area (Å²) in [5, 5.41) is 1.10. The first-order valence-electron chi connectivity index (χ1n) is 11.8. The third-order valence-electron chi connectivity index (χ3n) is 6.55. The quantitative estimate of drug-likeness (QED) is 0.282. The Kier molecular flexibility index (Phi) is 6.63. The normalized spacial score (nSPS) is 16.1. The van der Waals surface area contributed by atoms with E-state index in [4.69, 9.17) is 13.9 Å². The van der Waals surface area contributed by atoms with Crippen LogP contribution in [0.25, 0.3) is 11.0 Å². The number of benzene rings is 3. The number of ether oxygens (including phenoxy) is 2. The van der Waals surface area contributed by atoms with Crippen LogP contribution in [0.15, 0.2) is 77.2 Å². The second-order valence-corrected chi connectivity index (χ2v) is 8.80. The van der Waals surface area contributed by atoms with Crippen molar-refractivity contribution in [2.24, 2.45) is 0 Å². The van der Waals surface area contributed by atoms with E-state index in [0.29, 0.717) is 30.6 Å². The highest BCUT2D eigenvalue weighted by atomic mass is 16.5. The summed E-state index contributed by atoms with van der Waals surface area (Å²) in [5.74, 6) is 2.42. The highest BCUT2D eigenvalue weighted by molar-refractivity contribution is 5.83. The molecule has 0 saturated carbocycles. The molecule has 5 heteroatoms. The fourth-order valence-electron chi connectivity index (χ4n) is 4.67. The lowest BCUT2D eigenvalue weighted by Crippen LogP contribution is -2.34. The van der Waals surface area contributed by atoms with Gasteiger partial charge in [-0.1, -0.05) is 42.5 Å². The summed E-state index contributed by atoms with van der Waals surface area (Å²) in [6.07, 6.45) is 3.05. The van der Waals surface area contributed by atoms with Crippen LogP contribution in [-0.2, 0) is 13.2 Å². The molecular formula is C29H29NO4. The van der Waals surface area contributed by atoms with Gasteiger partial charge in [0.25, 0.3) is 0 Å². The van der Waals surface area contributed by atoms with Gasteiger partial charge in [-0.15, -0.1) is 0 Å². The lowest BCUT2D eigenvalue weighted by atomic mass is 10.1. The number of aldehydes is 1. The van der Waals surface area contributed by atoms with Crippen molar-refractivity contribution in [2.75, 3.05) is 13.2 Å². The molecule has 2 heterocycles. The zero-order valence-electron chi connectivity index (χ0n) is 19.4. The SMILES string of the molecule is Cc1oc2ccc(OCc3ccccc3)cc2c1CN1CCC[C@H]1COc1ccccc1C=O. The number of rotatable bonds is 9. The Bertz CT molecular complexity index is 1260. The van der Waals surface area contributed by atoms with E-state index < -0.39 is 0 Å². The van der Waals surface area contributed by atoms with Gasteiger partial charge in [-0.05, 0) is 62.2 Å². The van der Waals surface area contributed by atoms with E-state index in [0.717, 1.165) is 60.3 Å². The maximum absolute atomic E-state index is 11.3. The van der Waals surface area contributed by atoms with E-state index in [1.54, 1.807) is 6.07 Å². The summed E-state index contributed by atoms with van der Waals surface area (Å²) in [6, 6.07) is 23.9. The predicted octanol–water partition coefficient (Wildman–Crippen LogP) is 6.18. The number of fused-ring (bicyclic) bond motifs is 1. The Labute approximate surface area is 199 Å². The van der Waals surface area contributed by atoms with Crippen molar-refractivity contribution in [2.45, 2.75) is 39.0 Å². The smallest absolute Gasteiger partial charge is 0.153 e. The summed E-state index contributed by atoms with van der Waals surface area (Å²) < 4.78 is 18.2. The standard InChI is InChI=1S/C29H29NO4/c1-21-27(17-30-15-7-11-24(30)20-33-28-12-6-5-10-23(28)18-31)26-16-25(13-14-29(26)34-21)32-19-22-8-3-2-4-9-22/h2-6,8-10,12-14,16,18,24H,7,11,15,17,19-20H2,1H3/t24-/m0/s1. The van der Waals surface area contributed by atoms with Crippen molar-refractivity contribution in [3.63, 3.8) is 0 Å². The van der Waals surface area contributed by atoms with Crippen LogP contribution in [-0.4, -0.2) is 30.4 Å². The summed E-state index contributed by atoms with van der Waals surface area (Å²) >= 11 is 0. The molecule has 4 aromatic rings. The molecule has 1 aromatic heterocycles. The topological polar surface area (TPSA) is 51.9 Å². The molecule has 5 rings (SSSR count). The zero-order valence-corrected chi connectivity index (χ0v) is 19.4. The lowest BCUT2D eigenvalue weighted by Gasteiger charge is -2.24. The van der Waals surface area contributed by atoms with Crippen molar-refractivity contribution in [1.82, 2.24) is 4.90 Å². The molecule has 1 aliphatic heterocycles. The van der Waals surface area contributed by atoms with E-state index in [1.807, 2.05) is 55.5 Å². The Morgan fingerprint density at radius 1 is 1.03 bits per heavy atom. The molecule has 0 unspecified atom stereocenters. The number of aryl methyl sites for hydroxylation is 1. The van der Waals surface area contributed by atoms with Crippen LogP contribution < -0.4 is 9.47 Å². The monoisotopic (exact) mass is 455 g/mol. The van der Waals surface area contributed by atoms with Gasteiger partial charge in [-0.25, -0.2) is 0 Å². The molecule has 1 atom stereocenters. The van der Waals surface area contributed by atoms with Gasteiger partial charge in [0.15, 0.2) is 6.29 Å². The molecule has 0 N–H and O–H groups in total. The number of hydrogen-bond donors (Lipinski definition) is 0. The van der Waals surface area contributed by atoms with Crippen molar-refractivity contribution in [3.8, 4) is 11.5 Å². The first-order chi connectivity index (χ1) is 16.7. The van der Waals surface area contributed by atoms with Gasteiger partial charge in [0.05, 0.1) is 5.56 Å². The van der Waals surface area contributed by atoms with Crippen LogP contribution >= 0.6 is 0 Å². The summed E-state index contributed by atoms with van der Waals surface area (Å²) in [7, 11) is 0. The van der Waals surface area contributed by atoms with Gasteiger partial charge in [0, 0.05) is 23.5 Å². The van der Waals surface area contributed by atoms with Crippen molar-refractivity contribution >= 4 is 17.3 Å². The van der Waals surface area contributed by atoms with Gasteiger partial charge >= 0.3 is 0 Å². The Hall–Kier alpha value is -3.57. The van der Waals surface area contributed by atoms with Crippen molar-refractivity contribution < 1.29 is 18.7 Å². The molecule has 0 aliphatic carbocycles. The minimum Gasteiger partial charge on any atom is -0.491 e. The first kappa shape index (κ1) is 22.2. The minimum absolute atomic E-state index is 0.293. The van der Waals surface area contributed by atoms with Crippen LogP contribution in [0.5, 0.6) is 11.5 Å². The minimum atomic E-state index is 0.293. The average molecular weight is 456 g/mol. The maximum atomic E-state index is 11.3.